The number of halogens is 3. The van der Waals surface area contributed by atoms with Crippen LogP contribution < -0.4 is 11.1 Å². The molecule has 5 heteroatoms. The summed E-state index contributed by atoms with van der Waals surface area (Å²) >= 11 is 0. The average molecular weight is 204 g/mol. The molecule has 0 heterocycles. The van der Waals surface area contributed by atoms with Crippen LogP contribution in [0.15, 0.2) is 12.1 Å². The van der Waals surface area contributed by atoms with E-state index in [1.807, 2.05) is 0 Å². The Kier molecular flexibility index (Phi) is 3.91. The Balaban J connectivity index is 2.75. The van der Waals surface area contributed by atoms with Crippen LogP contribution in [-0.2, 0) is 6.54 Å². The van der Waals surface area contributed by atoms with Crippen LogP contribution in [0.3, 0.4) is 0 Å². The molecule has 3 N–H and O–H groups in total. The molecule has 0 aliphatic carbocycles. The van der Waals surface area contributed by atoms with Crippen molar-refractivity contribution in [1.29, 1.82) is 0 Å². The lowest BCUT2D eigenvalue weighted by Gasteiger charge is -2.06. The van der Waals surface area contributed by atoms with E-state index in [1.165, 1.54) is 0 Å². The van der Waals surface area contributed by atoms with Crippen LogP contribution in [0.2, 0.25) is 0 Å². The molecule has 2 nitrogen and oxygen atoms in total. The number of rotatable bonds is 4. The standard InChI is InChI=1S/C9H11F3N2/c10-6-3-8(11)7(9(12)4-6)5-14-2-1-13/h3-4,14H,1-2,5,13H2. The number of hydrogen-bond donors (Lipinski definition) is 2. The molecule has 0 atom stereocenters. The number of hydrogen-bond acceptors (Lipinski definition) is 2. The molecule has 1 aromatic carbocycles. The van der Waals surface area contributed by atoms with Gasteiger partial charge in [0.25, 0.3) is 0 Å². The largest absolute Gasteiger partial charge is 0.329 e. The third-order valence-corrected chi connectivity index (χ3v) is 1.73. The van der Waals surface area contributed by atoms with Crippen LogP contribution in [0.5, 0.6) is 0 Å². The van der Waals surface area contributed by atoms with Gasteiger partial charge in [0.05, 0.1) is 0 Å². The first-order valence-corrected chi connectivity index (χ1v) is 4.19. The van der Waals surface area contributed by atoms with Crippen molar-refractivity contribution in [3.8, 4) is 0 Å². The lowest BCUT2D eigenvalue weighted by atomic mass is 10.2. The summed E-state index contributed by atoms with van der Waals surface area (Å²) in [7, 11) is 0. The van der Waals surface area contributed by atoms with Gasteiger partial charge in [-0.3, -0.25) is 0 Å². The molecule has 0 bridgehead atoms. The van der Waals surface area contributed by atoms with Gasteiger partial charge >= 0.3 is 0 Å². The summed E-state index contributed by atoms with van der Waals surface area (Å²) in [4.78, 5) is 0. The second-order valence-electron chi connectivity index (χ2n) is 2.81. The highest BCUT2D eigenvalue weighted by molar-refractivity contribution is 5.20. The first-order valence-electron chi connectivity index (χ1n) is 4.19. The van der Waals surface area contributed by atoms with E-state index in [9.17, 15) is 13.2 Å². The fourth-order valence-corrected chi connectivity index (χ4v) is 1.06. The van der Waals surface area contributed by atoms with Gasteiger partial charge in [-0.15, -0.1) is 0 Å². The molecule has 1 aromatic rings. The van der Waals surface area contributed by atoms with Crippen LogP contribution in [0.25, 0.3) is 0 Å². The smallest absolute Gasteiger partial charge is 0.133 e. The van der Waals surface area contributed by atoms with E-state index in [-0.39, 0.29) is 12.1 Å². The van der Waals surface area contributed by atoms with Crippen LogP contribution in [0.1, 0.15) is 5.56 Å². The molecule has 0 unspecified atom stereocenters. The SMILES string of the molecule is NCCNCc1c(F)cc(F)cc1F. The highest BCUT2D eigenvalue weighted by atomic mass is 19.1. The summed E-state index contributed by atoms with van der Waals surface area (Å²) in [6, 6.07) is 1.31. The van der Waals surface area contributed by atoms with Crippen LogP contribution in [-0.4, -0.2) is 13.1 Å². The molecule has 0 saturated heterocycles. The van der Waals surface area contributed by atoms with Crippen molar-refractivity contribution in [3.05, 3.63) is 35.1 Å². The fourth-order valence-electron chi connectivity index (χ4n) is 1.06. The molecule has 0 amide bonds. The summed E-state index contributed by atoms with van der Waals surface area (Å²) in [5, 5.41) is 2.73. The predicted octanol–water partition coefficient (Wildman–Crippen LogP) is 1.15. The Hall–Kier alpha value is -1.07. The van der Waals surface area contributed by atoms with E-state index < -0.39 is 17.5 Å². The highest BCUT2D eigenvalue weighted by Gasteiger charge is 2.10. The fraction of sp³-hybridized carbons (Fsp3) is 0.333. The molecule has 0 aliphatic heterocycles. The average Bonchev–Trinajstić information content (AvgIpc) is 2.09. The Morgan fingerprint density at radius 3 is 2.21 bits per heavy atom. The number of nitrogens with two attached hydrogens (primary N) is 1. The second kappa shape index (κ2) is 4.97. The van der Waals surface area contributed by atoms with Crippen LogP contribution in [0, 0.1) is 17.5 Å². The summed E-state index contributed by atoms with van der Waals surface area (Å²) in [6.07, 6.45) is 0. The zero-order chi connectivity index (χ0) is 10.6. The minimum absolute atomic E-state index is 0.00907. The molecule has 1 rings (SSSR count). The number of nitrogens with one attached hydrogen (secondary N) is 1. The van der Waals surface area contributed by atoms with Gasteiger partial charge in [-0.2, -0.15) is 0 Å². The zero-order valence-corrected chi connectivity index (χ0v) is 7.49. The van der Waals surface area contributed by atoms with Crippen molar-refractivity contribution >= 4 is 0 Å². The first-order chi connectivity index (χ1) is 6.65. The Morgan fingerprint density at radius 2 is 1.71 bits per heavy atom. The van der Waals surface area contributed by atoms with E-state index in [2.05, 4.69) is 5.32 Å². The van der Waals surface area contributed by atoms with Crippen molar-refractivity contribution in [2.24, 2.45) is 5.73 Å². The Bertz CT molecular complexity index is 292. The third kappa shape index (κ3) is 2.71. The van der Waals surface area contributed by atoms with E-state index in [4.69, 9.17) is 5.73 Å². The maximum Gasteiger partial charge on any atom is 0.133 e. The minimum Gasteiger partial charge on any atom is -0.329 e. The molecular formula is C9H11F3N2. The van der Waals surface area contributed by atoms with Gasteiger partial charge in [0, 0.05) is 37.3 Å². The molecule has 78 valence electrons. The van der Waals surface area contributed by atoms with E-state index in [0.29, 0.717) is 25.2 Å². The van der Waals surface area contributed by atoms with Crippen molar-refractivity contribution in [1.82, 2.24) is 5.32 Å². The molecule has 0 aliphatic rings. The molecule has 0 fully saturated rings. The first kappa shape index (κ1) is 11.0. The van der Waals surface area contributed by atoms with Crippen LogP contribution >= 0.6 is 0 Å². The van der Waals surface area contributed by atoms with Crippen molar-refractivity contribution < 1.29 is 13.2 Å². The molecule has 0 radical (unpaired) electrons. The van der Waals surface area contributed by atoms with Crippen LogP contribution in [0.4, 0.5) is 13.2 Å². The second-order valence-corrected chi connectivity index (χ2v) is 2.81. The van der Waals surface area contributed by atoms with Gasteiger partial charge in [-0.25, -0.2) is 13.2 Å². The Morgan fingerprint density at radius 1 is 1.14 bits per heavy atom. The lowest BCUT2D eigenvalue weighted by Crippen LogP contribution is -2.23. The normalized spacial score (nSPS) is 10.6. The highest BCUT2D eigenvalue weighted by Crippen LogP contribution is 2.14. The monoisotopic (exact) mass is 204 g/mol. The molecular weight excluding hydrogens is 193 g/mol. The molecule has 0 spiro atoms. The minimum atomic E-state index is -0.914. The number of benzene rings is 1. The van der Waals surface area contributed by atoms with Crippen molar-refractivity contribution in [2.75, 3.05) is 13.1 Å². The zero-order valence-electron chi connectivity index (χ0n) is 7.49. The topological polar surface area (TPSA) is 38.0 Å². The molecule has 0 saturated carbocycles. The van der Waals surface area contributed by atoms with Gasteiger partial charge in [0.15, 0.2) is 0 Å². The van der Waals surface area contributed by atoms with Crippen molar-refractivity contribution in [3.63, 3.8) is 0 Å². The molecule has 0 aromatic heterocycles. The van der Waals surface area contributed by atoms with Gasteiger partial charge in [0.2, 0.25) is 0 Å². The van der Waals surface area contributed by atoms with E-state index in [0.717, 1.165) is 0 Å². The van der Waals surface area contributed by atoms with Gasteiger partial charge < -0.3 is 11.1 Å². The summed E-state index contributed by atoms with van der Waals surface area (Å²) < 4.78 is 38.5. The van der Waals surface area contributed by atoms with Gasteiger partial charge in [-0.1, -0.05) is 0 Å². The van der Waals surface area contributed by atoms with Gasteiger partial charge in [-0.05, 0) is 0 Å². The molecule has 14 heavy (non-hydrogen) atoms. The Labute approximate surface area is 79.9 Å². The maximum atomic E-state index is 13.0. The third-order valence-electron chi connectivity index (χ3n) is 1.73. The summed E-state index contributed by atoms with van der Waals surface area (Å²) in [5.74, 6) is -2.68. The predicted molar refractivity (Wildman–Crippen MR) is 47.1 cm³/mol. The quantitative estimate of drug-likeness (QED) is 0.722. The summed E-state index contributed by atoms with van der Waals surface area (Å²) in [6.45, 7) is 0.843. The van der Waals surface area contributed by atoms with E-state index in [1.54, 1.807) is 0 Å². The lowest BCUT2D eigenvalue weighted by molar-refractivity contribution is 0.511. The maximum absolute atomic E-state index is 13.0. The van der Waals surface area contributed by atoms with E-state index >= 15 is 0 Å². The van der Waals surface area contributed by atoms with Crippen molar-refractivity contribution in [2.45, 2.75) is 6.54 Å². The summed E-state index contributed by atoms with van der Waals surface area (Å²) in [5.41, 5.74) is 5.02. The van der Waals surface area contributed by atoms with Gasteiger partial charge in [0.1, 0.15) is 17.5 Å².